The summed E-state index contributed by atoms with van der Waals surface area (Å²) in [7, 11) is 0. The smallest absolute Gasteiger partial charge is 0.129 e. The molecule has 2 rings (SSSR count). The minimum absolute atomic E-state index is 0.211. The highest BCUT2D eigenvalue weighted by atomic mass is 35.5. The zero-order valence-electron chi connectivity index (χ0n) is 11.2. The number of aryl methyl sites for hydroxylation is 3. The van der Waals surface area contributed by atoms with Crippen molar-refractivity contribution in [2.75, 3.05) is 0 Å². The predicted molar refractivity (Wildman–Crippen MR) is 76.1 cm³/mol. The highest BCUT2D eigenvalue weighted by Gasteiger charge is 2.19. The van der Waals surface area contributed by atoms with Crippen molar-refractivity contribution in [1.29, 1.82) is 0 Å². The van der Waals surface area contributed by atoms with Gasteiger partial charge < -0.3 is 5.11 Å². The monoisotopic (exact) mass is 278 g/mol. The molecule has 1 nitrogen and oxygen atoms in total. The molecule has 0 radical (unpaired) electrons. The molecule has 2 aromatic rings. The third-order valence-corrected chi connectivity index (χ3v) is 3.50. The molecule has 1 N–H and O–H groups in total. The summed E-state index contributed by atoms with van der Waals surface area (Å²) < 4.78 is 13.8. The van der Waals surface area contributed by atoms with Crippen LogP contribution in [0.4, 0.5) is 4.39 Å². The Hall–Kier alpha value is -1.38. The van der Waals surface area contributed by atoms with Gasteiger partial charge in [0, 0.05) is 10.6 Å². The Labute approximate surface area is 117 Å². The van der Waals surface area contributed by atoms with Gasteiger partial charge in [-0.3, -0.25) is 0 Å². The van der Waals surface area contributed by atoms with Crippen molar-refractivity contribution < 1.29 is 9.50 Å². The summed E-state index contributed by atoms with van der Waals surface area (Å²) in [5.41, 5.74) is 3.97. The average molecular weight is 279 g/mol. The molecule has 0 fully saturated rings. The molecule has 100 valence electrons. The quantitative estimate of drug-likeness (QED) is 0.858. The standard InChI is InChI=1S/C16H16ClFO/c1-9-6-10(2)15(11(3)7-9)16(19)13-8-12(17)4-5-14(13)18/h4-8,16,19H,1-3H3. The molecule has 0 aliphatic rings. The average Bonchev–Trinajstić information content (AvgIpc) is 2.30. The molecule has 0 saturated heterocycles. The van der Waals surface area contributed by atoms with Gasteiger partial charge in [-0.05, 0) is 55.7 Å². The first-order chi connectivity index (χ1) is 8.90. The lowest BCUT2D eigenvalue weighted by Gasteiger charge is -2.18. The number of rotatable bonds is 2. The number of halogens is 2. The van der Waals surface area contributed by atoms with Gasteiger partial charge in [0.25, 0.3) is 0 Å². The van der Waals surface area contributed by atoms with Crippen LogP contribution in [0.25, 0.3) is 0 Å². The molecule has 0 saturated carbocycles. The predicted octanol–water partition coefficient (Wildman–Crippen LogP) is 4.49. The van der Waals surface area contributed by atoms with Gasteiger partial charge in [-0.15, -0.1) is 0 Å². The van der Waals surface area contributed by atoms with Gasteiger partial charge in [-0.25, -0.2) is 4.39 Å². The van der Waals surface area contributed by atoms with Crippen LogP contribution in [0.1, 0.15) is 33.9 Å². The lowest BCUT2D eigenvalue weighted by Crippen LogP contribution is -2.07. The van der Waals surface area contributed by atoms with Crippen molar-refractivity contribution in [3.8, 4) is 0 Å². The van der Waals surface area contributed by atoms with E-state index in [1.165, 1.54) is 18.2 Å². The highest BCUT2D eigenvalue weighted by molar-refractivity contribution is 6.30. The highest BCUT2D eigenvalue weighted by Crippen LogP contribution is 2.31. The van der Waals surface area contributed by atoms with Gasteiger partial charge in [-0.2, -0.15) is 0 Å². The second-order valence-corrected chi connectivity index (χ2v) is 5.32. The fraction of sp³-hybridized carbons (Fsp3) is 0.250. The van der Waals surface area contributed by atoms with Gasteiger partial charge in [-0.1, -0.05) is 29.3 Å². The Morgan fingerprint density at radius 1 is 1.05 bits per heavy atom. The normalized spacial score (nSPS) is 12.5. The van der Waals surface area contributed by atoms with Crippen LogP contribution in [-0.2, 0) is 0 Å². The minimum atomic E-state index is -1.00. The van der Waals surface area contributed by atoms with E-state index in [9.17, 15) is 9.50 Å². The summed E-state index contributed by atoms with van der Waals surface area (Å²) in [6.07, 6.45) is -1.00. The first kappa shape index (κ1) is 14.0. The molecule has 0 heterocycles. The lowest BCUT2D eigenvalue weighted by molar-refractivity contribution is 0.213. The summed E-state index contributed by atoms with van der Waals surface area (Å²) in [5.74, 6) is -0.448. The Kier molecular flexibility index (Phi) is 3.93. The number of benzene rings is 2. The molecular weight excluding hydrogens is 263 g/mol. The van der Waals surface area contributed by atoms with Crippen LogP contribution in [0.3, 0.4) is 0 Å². The van der Waals surface area contributed by atoms with Crippen LogP contribution >= 0.6 is 11.6 Å². The first-order valence-electron chi connectivity index (χ1n) is 6.11. The van der Waals surface area contributed by atoms with Crippen LogP contribution in [-0.4, -0.2) is 5.11 Å². The van der Waals surface area contributed by atoms with Crippen molar-refractivity contribution >= 4 is 11.6 Å². The Bertz CT molecular complexity index is 599. The van der Waals surface area contributed by atoms with Crippen molar-refractivity contribution in [2.24, 2.45) is 0 Å². The van der Waals surface area contributed by atoms with Gasteiger partial charge in [0.05, 0.1) is 0 Å². The maximum absolute atomic E-state index is 13.8. The van der Waals surface area contributed by atoms with Crippen molar-refractivity contribution in [1.82, 2.24) is 0 Å². The topological polar surface area (TPSA) is 20.2 Å². The van der Waals surface area contributed by atoms with Crippen LogP contribution < -0.4 is 0 Å². The van der Waals surface area contributed by atoms with E-state index in [-0.39, 0.29) is 5.56 Å². The van der Waals surface area contributed by atoms with E-state index < -0.39 is 11.9 Å². The number of hydrogen-bond acceptors (Lipinski definition) is 1. The summed E-state index contributed by atoms with van der Waals surface area (Å²) in [5, 5.41) is 10.9. The Balaban J connectivity index is 2.56. The minimum Gasteiger partial charge on any atom is -0.384 e. The SMILES string of the molecule is Cc1cc(C)c(C(O)c2cc(Cl)ccc2F)c(C)c1. The maximum Gasteiger partial charge on any atom is 0.129 e. The zero-order valence-corrected chi connectivity index (χ0v) is 11.9. The van der Waals surface area contributed by atoms with E-state index in [4.69, 9.17) is 11.6 Å². The second kappa shape index (κ2) is 5.32. The molecular formula is C16H16ClFO. The van der Waals surface area contributed by atoms with Crippen LogP contribution in [0, 0.1) is 26.6 Å². The van der Waals surface area contributed by atoms with Gasteiger partial charge >= 0.3 is 0 Å². The van der Waals surface area contributed by atoms with Gasteiger partial charge in [0.1, 0.15) is 11.9 Å². The van der Waals surface area contributed by atoms with Crippen LogP contribution in [0.15, 0.2) is 30.3 Å². The molecule has 19 heavy (non-hydrogen) atoms. The molecule has 0 bridgehead atoms. The fourth-order valence-corrected chi connectivity index (χ4v) is 2.68. The van der Waals surface area contributed by atoms with E-state index in [0.717, 1.165) is 22.3 Å². The second-order valence-electron chi connectivity index (χ2n) is 4.88. The summed E-state index contributed by atoms with van der Waals surface area (Å²) in [4.78, 5) is 0. The lowest BCUT2D eigenvalue weighted by atomic mass is 9.92. The molecule has 0 spiro atoms. The molecule has 1 atom stereocenters. The maximum atomic E-state index is 13.8. The molecule has 1 unspecified atom stereocenters. The fourth-order valence-electron chi connectivity index (χ4n) is 2.50. The van der Waals surface area contributed by atoms with E-state index >= 15 is 0 Å². The van der Waals surface area contributed by atoms with Crippen LogP contribution in [0.2, 0.25) is 5.02 Å². The van der Waals surface area contributed by atoms with Crippen molar-refractivity contribution in [3.63, 3.8) is 0 Å². The zero-order chi connectivity index (χ0) is 14.2. The van der Waals surface area contributed by atoms with Gasteiger partial charge in [0.15, 0.2) is 0 Å². The van der Waals surface area contributed by atoms with E-state index in [2.05, 4.69) is 0 Å². The molecule has 0 aliphatic heterocycles. The number of aliphatic hydroxyl groups is 1. The van der Waals surface area contributed by atoms with E-state index in [1.54, 1.807) is 0 Å². The molecule has 0 aromatic heterocycles. The van der Waals surface area contributed by atoms with Gasteiger partial charge in [0.2, 0.25) is 0 Å². The largest absolute Gasteiger partial charge is 0.384 e. The third-order valence-electron chi connectivity index (χ3n) is 3.26. The number of hydrogen-bond donors (Lipinski definition) is 1. The summed E-state index contributed by atoms with van der Waals surface area (Å²) in [6, 6.07) is 8.18. The Morgan fingerprint density at radius 3 is 2.21 bits per heavy atom. The first-order valence-corrected chi connectivity index (χ1v) is 6.48. The molecule has 2 aromatic carbocycles. The van der Waals surface area contributed by atoms with Crippen LogP contribution in [0.5, 0.6) is 0 Å². The van der Waals surface area contributed by atoms with Crippen molar-refractivity contribution in [2.45, 2.75) is 26.9 Å². The molecule has 0 aliphatic carbocycles. The van der Waals surface area contributed by atoms with E-state index in [0.29, 0.717) is 5.02 Å². The van der Waals surface area contributed by atoms with E-state index in [1.807, 2.05) is 32.9 Å². The third kappa shape index (κ3) is 2.80. The number of aliphatic hydroxyl groups excluding tert-OH is 1. The molecule has 3 heteroatoms. The summed E-state index contributed by atoms with van der Waals surface area (Å²) in [6.45, 7) is 5.83. The molecule has 0 amide bonds. The summed E-state index contributed by atoms with van der Waals surface area (Å²) >= 11 is 5.88. The Morgan fingerprint density at radius 2 is 1.63 bits per heavy atom. The van der Waals surface area contributed by atoms with Crippen molar-refractivity contribution in [3.05, 3.63) is 69.0 Å².